The smallest absolute Gasteiger partial charge is 0.257 e. The fourth-order valence-electron chi connectivity index (χ4n) is 3.78. The van der Waals surface area contributed by atoms with Gasteiger partial charge in [0.15, 0.2) is 0 Å². The maximum absolute atomic E-state index is 13.3. The minimum absolute atomic E-state index is 0.0211. The van der Waals surface area contributed by atoms with Crippen LogP contribution in [0.5, 0.6) is 0 Å². The van der Waals surface area contributed by atoms with Gasteiger partial charge < -0.3 is 4.74 Å². The Labute approximate surface area is 164 Å². The van der Waals surface area contributed by atoms with Crippen LogP contribution in [0.4, 0.5) is 4.39 Å². The van der Waals surface area contributed by atoms with Crippen molar-refractivity contribution in [3.05, 3.63) is 71.0 Å². The molecule has 0 N–H and O–H groups in total. The topological polar surface area (TPSA) is 45.1 Å². The highest BCUT2D eigenvalue weighted by atomic mass is 19.1. The van der Waals surface area contributed by atoms with Crippen molar-refractivity contribution in [2.75, 3.05) is 32.8 Å². The first kappa shape index (κ1) is 18.8. The molecule has 1 unspecified atom stereocenters. The Kier molecular flexibility index (Phi) is 5.50. The molecule has 1 amide bonds. The molecule has 28 heavy (non-hydrogen) atoms. The quantitative estimate of drug-likeness (QED) is 0.817. The molecule has 2 aliphatic heterocycles. The van der Waals surface area contributed by atoms with Gasteiger partial charge in [-0.05, 0) is 35.7 Å². The van der Waals surface area contributed by atoms with E-state index < -0.39 is 0 Å². The summed E-state index contributed by atoms with van der Waals surface area (Å²) < 4.78 is 18.7. The van der Waals surface area contributed by atoms with E-state index in [2.05, 4.69) is 29.1 Å². The normalized spacial score (nSPS) is 20.3. The predicted molar refractivity (Wildman–Crippen MR) is 106 cm³/mol. The molecule has 0 aromatic heterocycles. The molecule has 0 aliphatic carbocycles. The summed E-state index contributed by atoms with van der Waals surface area (Å²) in [7, 11) is 0. The van der Waals surface area contributed by atoms with Crippen molar-refractivity contribution in [3.63, 3.8) is 0 Å². The molecule has 0 bridgehead atoms. The van der Waals surface area contributed by atoms with Crippen LogP contribution in [0.15, 0.2) is 53.6 Å². The van der Waals surface area contributed by atoms with E-state index in [1.165, 1.54) is 12.1 Å². The zero-order chi connectivity index (χ0) is 19.5. The van der Waals surface area contributed by atoms with E-state index >= 15 is 0 Å². The lowest BCUT2D eigenvalue weighted by molar-refractivity contribution is -0.135. The third kappa shape index (κ3) is 3.98. The number of hydrogen-bond acceptors (Lipinski definition) is 4. The van der Waals surface area contributed by atoms with Crippen molar-refractivity contribution in [2.45, 2.75) is 19.4 Å². The molecule has 2 aromatic rings. The zero-order valence-electron chi connectivity index (χ0n) is 16.0. The lowest BCUT2D eigenvalue weighted by Gasteiger charge is -2.29. The first-order valence-corrected chi connectivity index (χ1v) is 9.63. The first-order chi connectivity index (χ1) is 13.6. The Balaban J connectivity index is 1.62. The highest BCUT2D eigenvalue weighted by Gasteiger charge is 2.34. The summed E-state index contributed by atoms with van der Waals surface area (Å²) in [5, 5.41) is 6.29. The van der Waals surface area contributed by atoms with Crippen LogP contribution in [0.25, 0.3) is 0 Å². The number of rotatable bonds is 4. The number of ether oxygens (including phenoxy) is 1. The number of amides is 1. The number of carbonyl (C=O) groups is 1. The first-order valence-electron chi connectivity index (χ1n) is 9.63. The molecule has 2 heterocycles. The molecule has 146 valence electrons. The van der Waals surface area contributed by atoms with E-state index in [1.807, 2.05) is 12.1 Å². The molecule has 6 heteroatoms. The van der Waals surface area contributed by atoms with Crippen molar-refractivity contribution in [2.24, 2.45) is 5.10 Å². The lowest BCUT2D eigenvalue weighted by atomic mass is 9.95. The fraction of sp³-hybridized carbons (Fsp3) is 0.364. The number of halogens is 1. The standard InChI is InChI=1S/C22H24FN3O2/c1-16-4-2-3-5-19(16)21-14-20(17-6-8-18(23)9-7-17)24-26(21)22(27)15-25-10-12-28-13-11-25/h2-9,21H,10-15H2,1H3. The monoisotopic (exact) mass is 381 g/mol. The van der Waals surface area contributed by atoms with Crippen molar-refractivity contribution < 1.29 is 13.9 Å². The average Bonchev–Trinajstić information content (AvgIpc) is 3.15. The van der Waals surface area contributed by atoms with Gasteiger partial charge in [-0.15, -0.1) is 0 Å². The Bertz CT molecular complexity index is 876. The molecule has 0 spiro atoms. The molecular formula is C22H24FN3O2. The molecule has 0 radical (unpaired) electrons. The summed E-state index contributed by atoms with van der Waals surface area (Å²) in [6.07, 6.45) is 0.616. The van der Waals surface area contributed by atoms with Gasteiger partial charge in [-0.25, -0.2) is 9.40 Å². The number of benzene rings is 2. The number of hydrogen-bond donors (Lipinski definition) is 0. The summed E-state index contributed by atoms with van der Waals surface area (Å²) in [6, 6.07) is 14.2. The number of hydrazone groups is 1. The minimum Gasteiger partial charge on any atom is -0.379 e. The highest BCUT2D eigenvalue weighted by Crippen LogP contribution is 2.34. The molecule has 2 aromatic carbocycles. The van der Waals surface area contributed by atoms with Crippen molar-refractivity contribution in [3.8, 4) is 0 Å². The summed E-state index contributed by atoms with van der Waals surface area (Å²) in [5.41, 5.74) is 3.89. The molecule has 4 rings (SSSR count). The molecule has 1 fully saturated rings. The second-order valence-corrected chi connectivity index (χ2v) is 7.26. The largest absolute Gasteiger partial charge is 0.379 e. The van der Waals surface area contributed by atoms with Crippen LogP contribution in [0.3, 0.4) is 0 Å². The van der Waals surface area contributed by atoms with Crippen LogP contribution >= 0.6 is 0 Å². The number of aryl methyl sites for hydroxylation is 1. The Morgan fingerprint density at radius 1 is 1.14 bits per heavy atom. The van der Waals surface area contributed by atoms with E-state index in [-0.39, 0.29) is 17.8 Å². The summed E-state index contributed by atoms with van der Waals surface area (Å²) in [4.78, 5) is 15.2. The van der Waals surface area contributed by atoms with Gasteiger partial charge in [0.25, 0.3) is 5.91 Å². The van der Waals surface area contributed by atoms with Crippen LogP contribution in [-0.2, 0) is 9.53 Å². The summed E-state index contributed by atoms with van der Waals surface area (Å²) in [5.74, 6) is -0.301. The highest BCUT2D eigenvalue weighted by molar-refractivity contribution is 6.03. The minimum atomic E-state index is -0.280. The second-order valence-electron chi connectivity index (χ2n) is 7.26. The van der Waals surface area contributed by atoms with Crippen LogP contribution in [0.2, 0.25) is 0 Å². The van der Waals surface area contributed by atoms with Crippen LogP contribution in [0, 0.1) is 12.7 Å². The second kappa shape index (κ2) is 8.20. The maximum atomic E-state index is 13.3. The van der Waals surface area contributed by atoms with Gasteiger partial charge in [0, 0.05) is 19.5 Å². The summed E-state index contributed by atoms with van der Waals surface area (Å²) >= 11 is 0. The van der Waals surface area contributed by atoms with Gasteiger partial charge >= 0.3 is 0 Å². The van der Waals surface area contributed by atoms with Crippen LogP contribution in [-0.4, -0.2) is 54.4 Å². The Morgan fingerprint density at radius 2 is 1.86 bits per heavy atom. The predicted octanol–water partition coefficient (Wildman–Crippen LogP) is 3.14. The molecule has 1 atom stereocenters. The molecule has 2 aliphatic rings. The molecule has 1 saturated heterocycles. The van der Waals surface area contributed by atoms with E-state index in [4.69, 9.17) is 4.74 Å². The third-order valence-electron chi connectivity index (χ3n) is 5.35. The third-order valence-corrected chi connectivity index (χ3v) is 5.35. The average molecular weight is 381 g/mol. The van der Waals surface area contributed by atoms with E-state index in [0.717, 1.165) is 35.5 Å². The van der Waals surface area contributed by atoms with E-state index in [0.29, 0.717) is 26.2 Å². The van der Waals surface area contributed by atoms with Crippen molar-refractivity contribution in [1.29, 1.82) is 0 Å². The van der Waals surface area contributed by atoms with Gasteiger partial charge in [0.2, 0.25) is 0 Å². The molecular weight excluding hydrogens is 357 g/mol. The van der Waals surface area contributed by atoms with Crippen molar-refractivity contribution in [1.82, 2.24) is 9.91 Å². The number of nitrogens with zero attached hydrogens (tertiary/aromatic N) is 3. The maximum Gasteiger partial charge on any atom is 0.257 e. The van der Waals surface area contributed by atoms with Gasteiger partial charge in [-0.2, -0.15) is 5.10 Å². The van der Waals surface area contributed by atoms with Gasteiger partial charge in [0.05, 0.1) is 31.5 Å². The van der Waals surface area contributed by atoms with Gasteiger partial charge in [-0.1, -0.05) is 36.4 Å². The van der Waals surface area contributed by atoms with Crippen LogP contribution < -0.4 is 0 Å². The molecule has 0 saturated carbocycles. The Morgan fingerprint density at radius 3 is 2.57 bits per heavy atom. The fourth-order valence-corrected chi connectivity index (χ4v) is 3.78. The zero-order valence-corrected chi connectivity index (χ0v) is 16.0. The van der Waals surface area contributed by atoms with E-state index in [1.54, 1.807) is 17.1 Å². The number of carbonyl (C=O) groups excluding carboxylic acids is 1. The van der Waals surface area contributed by atoms with Crippen LogP contribution in [0.1, 0.15) is 29.2 Å². The molecule has 5 nitrogen and oxygen atoms in total. The summed E-state index contributed by atoms with van der Waals surface area (Å²) in [6.45, 7) is 5.19. The van der Waals surface area contributed by atoms with Crippen molar-refractivity contribution >= 4 is 11.6 Å². The Hall–Kier alpha value is -2.57. The SMILES string of the molecule is Cc1ccccc1C1CC(c2ccc(F)cc2)=NN1C(=O)CN1CCOCC1. The van der Waals surface area contributed by atoms with Gasteiger partial charge in [-0.3, -0.25) is 9.69 Å². The van der Waals surface area contributed by atoms with E-state index in [9.17, 15) is 9.18 Å². The van der Waals surface area contributed by atoms with Gasteiger partial charge in [0.1, 0.15) is 5.82 Å². The lowest BCUT2D eigenvalue weighted by Crippen LogP contribution is -2.43. The number of morpholine rings is 1.